The van der Waals surface area contributed by atoms with E-state index in [9.17, 15) is 0 Å². The van der Waals surface area contributed by atoms with Crippen molar-refractivity contribution in [1.82, 2.24) is 10.3 Å². The van der Waals surface area contributed by atoms with E-state index in [0.717, 1.165) is 37.2 Å². The highest BCUT2D eigenvalue weighted by molar-refractivity contribution is 6.29. The maximum absolute atomic E-state index is 5.89. The Morgan fingerprint density at radius 3 is 2.94 bits per heavy atom. The molecule has 1 aliphatic rings. The van der Waals surface area contributed by atoms with Gasteiger partial charge >= 0.3 is 0 Å². The fourth-order valence-electron chi connectivity index (χ4n) is 1.94. The van der Waals surface area contributed by atoms with Crippen molar-refractivity contribution in [1.29, 1.82) is 0 Å². The van der Waals surface area contributed by atoms with Crippen molar-refractivity contribution >= 4 is 17.3 Å². The summed E-state index contributed by atoms with van der Waals surface area (Å²) in [4.78, 5) is 4.04. The first kappa shape index (κ1) is 11.6. The van der Waals surface area contributed by atoms with Crippen LogP contribution in [0.15, 0.2) is 12.3 Å². The van der Waals surface area contributed by atoms with Crippen molar-refractivity contribution in [3.63, 3.8) is 0 Å². The van der Waals surface area contributed by atoms with E-state index in [4.69, 9.17) is 17.3 Å². The van der Waals surface area contributed by atoms with E-state index < -0.39 is 0 Å². The first-order valence-corrected chi connectivity index (χ1v) is 5.99. The van der Waals surface area contributed by atoms with Crippen molar-refractivity contribution in [2.75, 3.05) is 18.4 Å². The number of hydrogen-bond acceptors (Lipinski definition) is 4. The van der Waals surface area contributed by atoms with Gasteiger partial charge in [-0.05, 0) is 32.0 Å². The molecule has 0 atom stereocenters. The van der Waals surface area contributed by atoms with E-state index >= 15 is 0 Å². The highest BCUT2D eigenvalue weighted by Gasteiger charge is 2.14. The van der Waals surface area contributed by atoms with Gasteiger partial charge in [0, 0.05) is 30.0 Å². The number of hydrogen-bond donors (Lipinski definition) is 3. The number of nitrogens with two attached hydrogens (primary N) is 1. The van der Waals surface area contributed by atoms with E-state index in [1.54, 1.807) is 6.20 Å². The number of nitrogens with zero attached hydrogens (tertiary/aromatic N) is 1. The monoisotopic (exact) mass is 240 g/mol. The van der Waals surface area contributed by atoms with E-state index in [2.05, 4.69) is 15.6 Å². The lowest BCUT2D eigenvalue weighted by Gasteiger charge is -2.25. The van der Waals surface area contributed by atoms with Crippen molar-refractivity contribution in [3.8, 4) is 0 Å². The summed E-state index contributed by atoms with van der Waals surface area (Å²) < 4.78 is 0. The standard InChI is InChI=1S/C11H17ClN4/c12-11-5-10(8(6-13)7-15-11)16-9-1-3-14-4-2-9/h5,7,9,14H,1-4,6,13H2,(H,15,16). The molecule has 2 heterocycles. The number of pyridine rings is 1. The predicted molar refractivity (Wildman–Crippen MR) is 66.7 cm³/mol. The summed E-state index contributed by atoms with van der Waals surface area (Å²) in [5.74, 6) is 0. The van der Waals surface area contributed by atoms with Crippen LogP contribution in [0.3, 0.4) is 0 Å². The van der Waals surface area contributed by atoms with Crippen LogP contribution in [-0.2, 0) is 6.54 Å². The zero-order valence-electron chi connectivity index (χ0n) is 9.17. The smallest absolute Gasteiger partial charge is 0.131 e. The molecule has 1 saturated heterocycles. The third-order valence-corrected chi connectivity index (χ3v) is 3.08. The second-order valence-electron chi connectivity index (χ2n) is 4.04. The topological polar surface area (TPSA) is 63.0 Å². The van der Waals surface area contributed by atoms with Gasteiger partial charge in [-0.1, -0.05) is 11.6 Å². The minimum absolute atomic E-state index is 0.484. The minimum Gasteiger partial charge on any atom is -0.382 e. The Labute approximate surface area is 101 Å². The Kier molecular flexibility index (Phi) is 3.98. The number of anilines is 1. The Morgan fingerprint density at radius 1 is 1.50 bits per heavy atom. The number of nitrogens with one attached hydrogen (secondary N) is 2. The van der Waals surface area contributed by atoms with Gasteiger partial charge in [0.05, 0.1) is 0 Å². The largest absolute Gasteiger partial charge is 0.382 e. The Bertz CT molecular complexity index is 350. The molecule has 0 unspecified atom stereocenters. The molecule has 5 heteroatoms. The molecule has 1 aromatic heterocycles. The number of halogens is 1. The fourth-order valence-corrected chi connectivity index (χ4v) is 2.10. The van der Waals surface area contributed by atoms with Crippen LogP contribution in [0.25, 0.3) is 0 Å². The first-order chi connectivity index (χ1) is 7.79. The molecule has 1 aromatic rings. The number of rotatable bonds is 3. The summed E-state index contributed by atoms with van der Waals surface area (Å²) >= 11 is 5.89. The van der Waals surface area contributed by atoms with Gasteiger partial charge in [-0.25, -0.2) is 4.98 Å². The number of aromatic nitrogens is 1. The van der Waals surface area contributed by atoms with Gasteiger partial charge in [0.2, 0.25) is 0 Å². The summed E-state index contributed by atoms with van der Waals surface area (Å²) in [6.45, 7) is 2.61. The second kappa shape index (κ2) is 5.48. The van der Waals surface area contributed by atoms with Gasteiger partial charge in [-0.3, -0.25) is 0 Å². The zero-order chi connectivity index (χ0) is 11.4. The Hall–Kier alpha value is -0.840. The van der Waals surface area contributed by atoms with Gasteiger partial charge in [0.15, 0.2) is 0 Å². The highest BCUT2D eigenvalue weighted by atomic mass is 35.5. The van der Waals surface area contributed by atoms with Crippen LogP contribution in [0, 0.1) is 0 Å². The fraction of sp³-hybridized carbons (Fsp3) is 0.545. The first-order valence-electron chi connectivity index (χ1n) is 5.61. The molecule has 0 bridgehead atoms. The van der Waals surface area contributed by atoms with Crippen molar-refractivity contribution in [2.24, 2.45) is 5.73 Å². The van der Waals surface area contributed by atoms with Gasteiger partial charge in [-0.15, -0.1) is 0 Å². The normalized spacial score (nSPS) is 17.4. The van der Waals surface area contributed by atoms with Crippen molar-refractivity contribution in [3.05, 3.63) is 23.0 Å². The van der Waals surface area contributed by atoms with E-state index in [0.29, 0.717) is 17.7 Å². The van der Waals surface area contributed by atoms with Crippen LogP contribution in [0.4, 0.5) is 5.69 Å². The summed E-state index contributed by atoms with van der Waals surface area (Å²) in [6.07, 6.45) is 4.00. The van der Waals surface area contributed by atoms with Crippen LogP contribution in [0.5, 0.6) is 0 Å². The van der Waals surface area contributed by atoms with Crippen LogP contribution in [-0.4, -0.2) is 24.1 Å². The molecule has 1 aliphatic heterocycles. The third kappa shape index (κ3) is 2.84. The van der Waals surface area contributed by atoms with Crippen LogP contribution in [0.1, 0.15) is 18.4 Å². The molecule has 16 heavy (non-hydrogen) atoms. The Morgan fingerprint density at radius 2 is 2.25 bits per heavy atom. The third-order valence-electron chi connectivity index (χ3n) is 2.87. The maximum atomic E-state index is 5.89. The molecule has 0 aromatic carbocycles. The van der Waals surface area contributed by atoms with E-state index in [1.165, 1.54) is 0 Å². The quantitative estimate of drug-likeness (QED) is 0.699. The van der Waals surface area contributed by atoms with Crippen LogP contribution >= 0.6 is 11.6 Å². The minimum atomic E-state index is 0.484. The molecular formula is C11H17ClN4. The molecule has 0 saturated carbocycles. The van der Waals surface area contributed by atoms with Gasteiger partial charge < -0.3 is 16.4 Å². The van der Waals surface area contributed by atoms with Gasteiger partial charge in [-0.2, -0.15) is 0 Å². The van der Waals surface area contributed by atoms with Gasteiger partial charge in [0.1, 0.15) is 5.15 Å². The van der Waals surface area contributed by atoms with Crippen molar-refractivity contribution < 1.29 is 0 Å². The highest BCUT2D eigenvalue weighted by Crippen LogP contribution is 2.21. The molecule has 1 fully saturated rings. The summed E-state index contributed by atoms with van der Waals surface area (Å²) in [6, 6.07) is 2.36. The van der Waals surface area contributed by atoms with Crippen molar-refractivity contribution in [2.45, 2.75) is 25.4 Å². The molecule has 2 rings (SSSR count). The lowest BCUT2D eigenvalue weighted by molar-refractivity contribution is 0.479. The molecule has 0 amide bonds. The lowest BCUT2D eigenvalue weighted by Crippen LogP contribution is -2.35. The van der Waals surface area contributed by atoms with Gasteiger partial charge in [0.25, 0.3) is 0 Å². The molecule has 88 valence electrons. The van der Waals surface area contributed by atoms with E-state index in [-0.39, 0.29) is 0 Å². The lowest BCUT2D eigenvalue weighted by atomic mass is 10.1. The summed E-state index contributed by atoms with van der Waals surface area (Å²) in [7, 11) is 0. The van der Waals surface area contributed by atoms with Crippen LogP contribution in [0.2, 0.25) is 5.15 Å². The Balaban J connectivity index is 2.09. The summed E-state index contributed by atoms with van der Waals surface area (Å²) in [5.41, 5.74) is 7.71. The average molecular weight is 241 g/mol. The van der Waals surface area contributed by atoms with E-state index in [1.807, 2.05) is 6.07 Å². The maximum Gasteiger partial charge on any atom is 0.131 e. The zero-order valence-corrected chi connectivity index (χ0v) is 9.93. The molecule has 0 aliphatic carbocycles. The van der Waals surface area contributed by atoms with Crippen LogP contribution < -0.4 is 16.4 Å². The second-order valence-corrected chi connectivity index (χ2v) is 4.42. The molecule has 0 radical (unpaired) electrons. The SMILES string of the molecule is NCc1cnc(Cl)cc1NC1CCNCC1. The predicted octanol–water partition coefficient (Wildman–Crippen LogP) is 1.36. The number of piperidine rings is 1. The molecule has 4 N–H and O–H groups in total. The average Bonchev–Trinajstić information content (AvgIpc) is 2.31. The molecular weight excluding hydrogens is 224 g/mol. The summed E-state index contributed by atoms with van der Waals surface area (Å²) in [5, 5.41) is 7.34. The molecule has 0 spiro atoms. The molecule has 4 nitrogen and oxygen atoms in total.